The number of rotatable bonds is 5. The molecule has 1 aliphatic rings. The Hall–Kier alpha value is -7.41. The number of amidine groups is 1. The van der Waals surface area contributed by atoms with E-state index in [9.17, 15) is 0 Å². The zero-order valence-corrected chi connectivity index (χ0v) is 30.7. The third-order valence-corrected chi connectivity index (χ3v) is 11.5. The van der Waals surface area contributed by atoms with Crippen LogP contribution in [0.2, 0.25) is 0 Å². The van der Waals surface area contributed by atoms with Crippen LogP contribution in [0, 0.1) is 0 Å². The summed E-state index contributed by atoms with van der Waals surface area (Å²) in [5.41, 5.74) is 12.1. The number of benzene rings is 8. The summed E-state index contributed by atoms with van der Waals surface area (Å²) in [5.74, 6) is 0.815. The summed E-state index contributed by atoms with van der Waals surface area (Å²) in [6, 6.07) is 63.7. The van der Waals surface area contributed by atoms with Gasteiger partial charge in [-0.05, 0) is 65.2 Å². The zero-order chi connectivity index (χ0) is 37.5. The maximum Gasteiger partial charge on any atom is 0.143 e. The third kappa shape index (κ3) is 5.04. The van der Waals surface area contributed by atoms with Gasteiger partial charge in [-0.15, -0.1) is 0 Å². The van der Waals surface area contributed by atoms with Crippen LogP contribution in [0.3, 0.4) is 0 Å². The molecule has 270 valence electrons. The molecular formula is C51H34N4O2. The normalized spacial score (nSPS) is 15.9. The molecule has 2 N–H and O–H groups in total. The first kappa shape index (κ1) is 31.9. The summed E-state index contributed by atoms with van der Waals surface area (Å²) in [6.45, 7) is 0. The molecule has 2 atom stereocenters. The third-order valence-electron chi connectivity index (χ3n) is 11.5. The smallest absolute Gasteiger partial charge is 0.143 e. The lowest BCUT2D eigenvalue weighted by Crippen LogP contribution is -2.44. The molecule has 11 aromatic rings. The number of fused-ring (bicyclic) bond motifs is 9. The minimum absolute atomic E-state index is 0.119. The summed E-state index contributed by atoms with van der Waals surface area (Å²) in [4.78, 5) is 5.17. The number of aliphatic imine (C=N–C) groups is 1. The predicted octanol–water partition coefficient (Wildman–Crippen LogP) is 12.6. The molecule has 0 bridgehead atoms. The molecular weight excluding hydrogens is 701 g/mol. The van der Waals surface area contributed by atoms with E-state index in [2.05, 4.69) is 185 Å². The number of para-hydroxylation sites is 3. The van der Waals surface area contributed by atoms with Crippen molar-refractivity contribution in [1.82, 2.24) is 15.2 Å². The second-order valence-electron chi connectivity index (χ2n) is 14.8. The van der Waals surface area contributed by atoms with E-state index in [1.807, 2.05) is 12.1 Å². The number of aromatic nitrogens is 1. The molecule has 12 rings (SSSR count). The quantitative estimate of drug-likeness (QED) is 0.185. The second kappa shape index (κ2) is 12.6. The van der Waals surface area contributed by atoms with E-state index in [1.54, 1.807) is 0 Å². The molecule has 6 heteroatoms. The highest BCUT2D eigenvalue weighted by Crippen LogP contribution is 2.42. The molecule has 0 saturated heterocycles. The van der Waals surface area contributed by atoms with Crippen molar-refractivity contribution < 1.29 is 8.83 Å². The molecule has 4 heterocycles. The lowest BCUT2D eigenvalue weighted by Gasteiger charge is -2.32. The van der Waals surface area contributed by atoms with Crippen molar-refractivity contribution in [2.75, 3.05) is 0 Å². The molecule has 0 fully saturated rings. The standard InChI is InChI=1S/C51H34N4O2/c1-3-13-31(14-4-1)49-52-50(32-15-5-2-6-16-32)54-51(53-49)34-25-27-38-39-20-11-19-35(48(39)57-46(38)30-34)33-26-28-44-40(29-33)47-43(23-12-24-45(47)56-44)55-41-21-9-7-17-36(41)37-18-8-10-22-42(37)55/h1-30,49-50,52H,(H,53,54). The number of hydrogen-bond donors (Lipinski definition) is 2. The van der Waals surface area contributed by atoms with E-state index >= 15 is 0 Å². The van der Waals surface area contributed by atoms with Gasteiger partial charge in [-0.2, -0.15) is 0 Å². The highest BCUT2D eigenvalue weighted by atomic mass is 16.3. The Morgan fingerprint density at radius 1 is 0.474 bits per heavy atom. The van der Waals surface area contributed by atoms with Gasteiger partial charge in [0.2, 0.25) is 0 Å². The van der Waals surface area contributed by atoms with Crippen LogP contribution in [0.4, 0.5) is 0 Å². The minimum Gasteiger partial charge on any atom is -0.456 e. The van der Waals surface area contributed by atoms with E-state index in [4.69, 9.17) is 13.8 Å². The Morgan fingerprint density at radius 2 is 1.16 bits per heavy atom. The Labute approximate surface area is 327 Å². The largest absolute Gasteiger partial charge is 0.456 e. The van der Waals surface area contributed by atoms with Gasteiger partial charge in [0.25, 0.3) is 0 Å². The van der Waals surface area contributed by atoms with E-state index in [0.29, 0.717) is 0 Å². The van der Waals surface area contributed by atoms with Crippen molar-refractivity contribution in [3.8, 4) is 16.8 Å². The van der Waals surface area contributed by atoms with Crippen molar-refractivity contribution >= 4 is 71.5 Å². The topological polar surface area (TPSA) is 67.6 Å². The fourth-order valence-corrected chi connectivity index (χ4v) is 8.85. The van der Waals surface area contributed by atoms with Crippen molar-refractivity contribution in [2.24, 2.45) is 4.99 Å². The molecule has 0 aliphatic carbocycles. The van der Waals surface area contributed by atoms with Gasteiger partial charge in [0.1, 0.15) is 40.5 Å². The van der Waals surface area contributed by atoms with Crippen LogP contribution in [0.15, 0.2) is 196 Å². The molecule has 0 amide bonds. The molecule has 0 spiro atoms. The first-order valence-electron chi connectivity index (χ1n) is 19.4. The van der Waals surface area contributed by atoms with E-state index in [1.165, 1.54) is 21.8 Å². The van der Waals surface area contributed by atoms with Crippen LogP contribution in [-0.2, 0) is 0 Å². The van der Waals surface area contributed by atoms with Gasteiger partial charge in [-0.1, -0.05) is 133 Å². The molecule has 0 saturated carbocycles. The van der Waals surface area contributed by atoms with Crippen LogP contribution in [0.5, 0.6) is 0 Å². The Morgan fingerprint density at radius 3 is 1.95 bits per heavy atom. The summed E-state index contributed by atoms with van der Waals surface area (Å²) in [5, 5.41) is 14.1. The summed E-state index contributed by atoms with van der Waals surface area (Å²) in [7, 11) is 0. The first-order chi connectivity index (χ1) is 28.2. The first-order valence-corrected chi connectivity index (χ1v) is 19.4. The number of nitrogens with one attached hydrogen (secondary N) is 2. The van der Waals surface area contributed by atoms with E-state index in [-0.39, 0.29) is 12.3 Å². The molecule has 2 unspecified atom stereocenters. The minimum atomic E-state index is -0.213. The average Bonchev–Trinajstić information content (AvgIpc) is 3.96. The Bertz CT molecular complexity index is 3320. The highest BCUT2D eigenvalue weighted by molar-refractivity contribution is 6.16. The maximum absolute atomic E-state index is 6.83. The Kier molecular flexibility index (Phi) is 7.03. The molecule has 1 aliphatic heterocycles. The average molecular weight is 735 g/mol. The van der Waals surface area contributed by atoms with Crippen LogP contribution in [-0.4, -0.2) is 10.4 Å². The molecule has 3 aromatic heterocycles. The van der Waals surface area contributed by atoms with Crippen LogP contribution >= 0.6 is 0 Å². The van der Waals surface area contributed by atoms with Crippen LogP contribution in [0.25, 0.3) is 82.5 Å². The monoisotopic (exact) mass is 734 g/mol. The van der Waals surface area contributed by atoms with Crippen molar-refractivity contribution in [3.05, 3.63) is 199 Å². The van der Waals surface area contributed by atoms with Gasteiger partial charge >= 0.3 is 0 Å². The fraction of sp³-hybridized carbons (Fsp3) is 0.0392. The van der Waals surface area contributed by atoms with Crippen LogP contribution in [0.1, 0.15) is 29.0 Å². The number of nitrogens with zero attached hydrogens (tertiary/aromatic N) is 2. The Balaban J connectivity index is 0.989. The fourth-order valence-electron chi connectivity index (χ4n) is 8.85. The van der Waals surface area contributed by atoms with Crippen molar-refractivity contribution in [2.45, 2.75) is 12.3 Å². The van der Waals surface area contributed by atoms with Gasteiger partial charge in [0.05, 0.1) is 22.1 Å². The molecule has 8 aromatic carbocycles. The predicted molar refractivity (Wildman–Crippen MR) is 232 cm³/mol. The maximum atomic E-state index is 6.83. The lowest BCUT2D eigenvalue weighted by atomic mass is 9.99. The second-order valence-corrected chi connectivity index (χ2v) is 14.8. The summed E-state index contributed by atoms with van der Waals surface area (Å²) < 4.78 is 15.7. The van der Waals surface area contributed by atoms with Crippen molar-refractivity contribution in [3.63, 3.8) is 0 Å². The number of furan rings is 2. The van der Waals surface area contributed by atoms with Gasteiger partial charge in [0, 0.05) is 38.1 Å². The van der Waals surface area contributed by atoms with E-state index in [0.717, 1.165) is 83.2 Å². The zero-order valence-electron chi connectivity index (χ0n) is 30.7. The van der Waals surface area contributed by atoms with Crippen LogP contribution < -0.4 is 10.6 Å². The molecule has 57 heavy (non-hydrogen) atoms. The molecule has 6 nitrogen and oxygen atoms in total. The van der Waals surface area contributed by atoms with Gasteiger partial charge < -0.3 is 18.7 Å². The van der Waals surface area contributed by atoms with Crippen molar-refractivity contribution in [1.29, 1.82) is 0 Å². The number of hydrogen-bond acceptors (Lipinski definition) is 5. The lowest BCUT2D eigenvalue weighted by molar-refractivity contribution is 0.409. The SMILES string of the molecule is c1ccc(C2N=C(c3ccc4c(c3)oc3c(-c5ccc6oc7cccc(-n8c9ccccc9c9ccccc98)c7c6c5)cccc34)NC(c3ccccc3)N2)cc1. The van der Waals surface area contributed by atoms with E-state index < -0.39 is 0 Å². The highest BCUT2D eigenvalue weighted by Gasteiger charge is 2.26. The summed E-state index contributed by atoms with van der Waals surface area (Å²) in [6.07, 6.45) is -0.332. The van der Waals surface area contributed by atoms with Gasteiger partial charge in [-0.3, -0.25) is 5.32 Å². The van der Waals surface area contributed by atoms with Gasteiger partial charge in [-0.25, -0.2) is 4.99 Å². The molecule has 0 radical (unpaired) electrons. The van der Waals surface area contributed by atoms with Gasteiger partial charge in [0.15, 0.2) is 0 Å². The summed E-state index contributed by atoms with van der Waals surface area (Å²) >= 11 is 0.